The molecular formula is C21H35N5O3. The Morgan fingerprint density at radius 3 is 2.76 bits per heavy atom. The van der Waals surface area contributed by atoms with E-state index in [1.807, 2.05) is 4.57 Å². The fraction of sp³-hybridized carbons (Fsp3) is 0.762. The molecule has 3 heterocycles. The summed E-state index contributed by atoms with van der Waals surface area (Å²) in [4.78, 5) is 13.2. The average Bonchev–Trinajstić information content (AvgIpc) is 3.10. The van der Waals surface area contributed by atoms with Crippen LogP contribution in [0.4, 0.5) is 5.82 Å². The number of aryl methyl sites for hydroxylation is 1. The van der Waals surface area contributed by atoms with Crippen LogP contribution in [0.25, 0.3) is 11.2 Å². The fourth-order valence-electron chi connectivity index (χ4n) is 3.80. The lowest BCUT2D eigenvalue weighted by Crippen LogP contribution is -2.16. The molecule has 2 aromatic rings. The Bertz CT molecular complexity index is 758. The molecular weight excluding hydrogens is 370 g/mol. The minimum Gasteiger partial charge on any atom is -0.468 e. The normalized spacial score (nSPS) is 17.0. The van der Waals surface area contributed by atoms with Crippen molar-refractivity contribution >= 4 is 17.0 Å². The zero-order valence-electron chi connectivity index (χ0n) is 17.9. The smallest absolute Gasteiger partial charge is 0.320 e. The number of anilines is 1. The standard InChI is InChI=1S/C21H35N5O3/c1-3-4-14-29-20-24-18(22)17-19(25-20)26(21(23-17)27-2)12-8-6-5-7-10-16-11-9-13-28-15-16/h16H,3-15H2,1-2H3,(H2,22,24,25). The monoisotopic (exact) mass is 405 g/mol. The molecule has 1 aliphatic rings. The number of imidazole rings is 1. The van der Waals surface area contributed by atoms with Gasteiger partial charge in [-0.05, 0) is 38.0 Å². The lowest BCUT2D eigenvalue weighted by Gasteiger charge is -2.21. The minimum absolute atomic E-state index is 0.307. The molecule has 1 unspecified atom stereocenters. The molecule has 2 N–H and O–H groups in total. The van der Waals surface area contributed by atoms with Gasteiger partial charge in [-0.2, -0.15) is 15.0 Å². The highest BCUT2D eigenvalue weighted by Crippen LogP contribution is 2.26. The number of fused-ring (bicyclic) bond motifs is 1. The van der Waals surface area contributed by atoms with E-state index in [4.69, 9.17) is 19.9 Å². The van der Waals surface area contributed by atoms with Gasteiger partial charge in [-0.15, -0.1) is 0 Å². The van der Waals surface area contributed by atoms with Gasteiger partial charge in [0, 0.05) is 19.8 Å². The summed E-state index contributed by atoms with van der Waals surface area (Å²) in [6, 6.07) is 0.827. The summed E-state index contributed by atoms with van der Waals surface area (Å²) in [7, 11) is 1.62. The van der Waals surface area contributed by atoms with Crippen molar-refractivity contribution in [3.63, 3.8) is 0 Å². The van der Waals surface area contributed by atoms with Crippen LogP contribution in [0.5, 0.6) is 12.0 Å². The Hall–Kier alpha value is -2.09. The van der Waals surface area contributed by atoms with Gasteiger partial charge >= 0.3 is 6.01 Å². The van der Waals surface area contributed by atoms with Crippen LogP contribution in [0, 0.1) is 5.92 Å². The molecule has 0 bridgehead atoms. The van der Waals surface area contributed by atoms with E-state index in [1.54, 1.807) is 7.11 Å². The third-order valence-corrected chi connectivity index (χ3v) is 5.48. The van der Waals surface area contributed by atoms with Crippen molar-refractivity contribution in [2.45, 2.75) is 71.3 Å². The van der Waals surface area contributed by atoms with Crippen molar-refractivity contribution in [3.05, 3.63) is 0 Å². The second-order valence-corrected chi connectivity index (χ2v) is 7.80. The lowest BCUT2D eigenvalue weighted by atomic mass is 9.95. The van der Waals surface area contributed by atoms with Crippen LogP contribution >= 0.6 is 0 Å². The van der Waals surface area contributed by atoms with Crippen molar-refractivity contribution in [2.24, 2.45) is 5.92 Å². The third-order valence-electron chi connectivity index (χ3n) is 5.48. The Morgan fingerprint density at radius 1 is 1.14 bits per heavy atom. The predicted octanol–water partition coefficient (Wildman–Crippen LogP) is 3.97. The van der Waals surface area contributed by atoms with E-state index < -0.39 is 0 Å². The van der Waals surface area contributed by atoms with Crippen molar-refractivity contribution in [3.8, 4) is 12.0 Å². The Balaban J connectivity index is 1.55. The molecule has 1 fully saturated rings. The summed E-state index contributed by atoms with van der Waals surface area (Å²) in [5.41, 5.74) is 7.34. The SMILES string of the molecule is CCCCOc1nc(N)c2nc(OC)n(CCCCCCC3CCCOC3)c2n1. The maximum Gasteiger partial charge on any atom is 0.320 e. The number of rotatable bonds is 12. The quantitative estimate of drug-likeness (QED) is 0.534. The molecule has 0 saturated carbocycles. The summed E-state index contributed by atoms with van der Waals surface area (Å²) in [6.45, 7) is 5.37. The highest BCUT2D eigenvalue weighted by atomic mass is 16.5. The molecule has 8 nitrogen and oxygen atoms in total. The van der Waals surface area contributed by atoms with Crippen molar-refractivity contribution in [1.29, 1.82) is 0 Å². The van der Waals surface area contributed by atoms with Crippen molar-refractivity contribution < 1.29 is 14.2 Å². The first-order valence-electron chi connectivity index (χ1n) is 11.0. The zero-order valence-corrected chi connectivity index (χ0v) is 17.9. The van der Waals surface area contributed by atoms with Gasteiger partial charge in [-0.25, -0.2) is 0 Å². The molecule has 1 saturated heterocycles. The Labute approximate surface area is 173 Å². The maximum absolute atomic E-state index is 6.09. The third kappa shape index (κ3) is 5.95. The highest BCUT2D eigenvalue weighted by molar-refractivity contribution is 5.83. The molecule has 1 aliphatic heterocycles. The first-order chi connectivity index (χ1) is 14.2. The van der Waals surface area contributed by atoms with Gasteiger partial charge in [0.2, 0.25) is 0 Å². The fourth-order valence-corrected chi connectivity index (χ4v) is 3.80. The van der Waals surface area contributed by atoms with Gasteiger partial charge in [0.25, 0.3) is 6.01 Å². The Kier molecular flexibility index (Phi) is 8.34. The summed E-state index contributed by atoms with van der Waals surface area (Å²) < 4.78 is 18.7. The van der Waals surface area contributed by atoms with Crippen molar-refractivity contribution in [1.82, 2.24) is 19.5 Å². The van der Waals surface area contributed by atoms with Gasteiger partial charge in [-0.3, -0.25) is 4.57 Å². The van der Waals surface area contributed by atoms with Crippen LogP contribution in [0.1, 0.15) is 64.7 Å². The maximum atomic E-state index is 6.09. The molecule has 3 rings (SSSR count). The number of methoxy groups -OCH3 is 1. The molecule has 0 aliphatic carbocycles. The summed E-state index contributed by atoms with van der Waals surface area (Å²) in [5, 5.41) is 0. The van der Waals surface area contributed by atoms with E-state index in [0.717, 1.165) is 51.4 Å². The van der Waals surface area contributed by atoms with Crippen molar-refractivity contribution in [2.75, 3.05) is 32.7 Å². The van der Waals surface area contributed by atoms with Crippen LogP contribution in [-0.4, -0.2) is 46.4 Å². The van der Waals surface area contributed by atoms with E-state index in [9.17, 15) is 0 Å². The van der Waals surface area contributed by atoms with Crippen LogP contribution in [0.15, 0.2) is 0 Å². The molecule has 0 amide bonds. The second kappa shape index (κ2) is 11.2. The van der Waals surface area contributed by atoms with E-state index in [2.05, 4.69) is 21.9 Å². The van der Waals surface area contributed by atoms with E-state index >= 15 is 0 Å². The topological polar surface area (TPSA) is 97.3 Å². The molecule has 0 aromatic carbocycles. The molecule has 8 heteroatoms. The minimum atomic E-state index is 0.307. The number of nitrogens with zero attached hydrogens (tertiary/aromatic N) is 4. The van der Waals surface area contributed by atoms with E-state index in [-0.39, 0.29) is 0 Å². The molecule has 29 heavy (non-hydrogen) atoms. The van der Waals surface area contributed by atoms with Gasteiger partial charge in [0.1, 0.15) is 0 Å². The molecule has 1 atom stereocenters. The largest absolute Gasteiger partial charge is 0.468 e. The predicted molar refractivity (Wildman–Crippen MR) is 113 cm³/mol. The van der Waals surface area contributed by atoms with Gasteiger partial charge in [0.05, 0.1) is 13.7 Å². The summed E-state index contributed by atoms with van der Waals surface area (Å²) in [5.74, 6) is 1.08. The summed E-state index contributed by atoms with van der Waals surface area (Å²) >= 11 is 0. The number of aromatic nitrogens is 4. The highest BCUT2D eigenvalue weighted by Gasteiger charge is 2.18. The first-order valence-corrected chi connectivity index (χ1v) is 11.0. The van der Waals surface area contributed by atoms with Crippen LogP contribution < -0.4 is 15.2 Å². The number of nitrogens with two attached hydrogens (primary N) is 1. The lowest BCUT2D eigenvalue weighted by molar-refractivity contribution is 0.0507. The number of hydrogen-bond acceptors (Lipinski definition) is 7. The number of ether oxygens (including phenoxy) is 3. The molecule has 0 spiro atoms. The van der Waals surface area contributed by atoms with Gasteiger partial charge in [-0.1, -0.05) is 32.6 Å². The number of unbranched alkanes of at least 4 members (excludes halogenated alkanes) is 4. The number of nitrogen functional groups attached to an aromatic ring is 1. The zero-order chi connectivity index (χ0) is 20.5. The Morgan fingerprint density at radius 2 is 2.00 bits per heavy atom. The van der Waals surface area contributed by atoms with E-state index in [0.29, 0.717) is 35.6 Å². The average molecular weight is 406 g/mol. The molecule has 2 aromatic heterocycles. The first kappa shape index (κ1) is 21.6. The van der Waals surface area contributed by atoms with Crippen LogP contribution in [-0.2, 0) is 11.3 Å². The second-order valence-electron chi connectivity index (χ2n) is 7.80. The summed E-state index contributed by atoms with van der Waals surface area (Å²) in [6.07, 6.45) is 10.5. The van der Waals surface area contributed by atoms with E-state index in [1.165, 1.54) is 32.1 Å². The van der Waals surface area contributed by atoms with Gasteiger partial charge in [0.15, 0.2) is 17.0 Å². The number of hydrogen-bond donors (Lipinski definition) is 1. The van der Waals surface area contributed by atoms with Crippen LogP contribution in [0.3, 0.4) is 0 Å². The van der Waals surface area contributed by atoms with Crippen LogP contribution in [0.2, 0.25) is 0 Å². The molecule has 162 valence electrons. The van der Waals surface area contributed by atoms with Gasteiger partial charge < -0.3 is 19.9 Å². The molecule has 0 radical (unpaired) electrons.